The number of rotatable bonds is 5. The van der Waals surface area contributed by atoms with Crippen LogP contribution in [0.2, 0.25) is 0 Å². The highest BCUT2D eigenvalue weighted by molar-refractivity contribution is 5.60. The Labute approximate surface area is 100 Å². The summed E-state index contributed by atoms with van der Waals surface area (Å²) in [7, 11) is 0. The largest absolute Gasteiger partial charge is 0.303 e. The molecular formula is C15H26O. The van der Waals surface area contributed by atoms with Gasteiger partial charge in [0.2, 0.25) is 0 Å². The molecule has 1 fully saturated rings. The van der Waals surface area contributed by atoms with Crippen molar-refractivity contribution in [2.24, 2.45) is 16.7 Å². The summed E-state index contributed by atoms with van der Waals surface area (Å²) in [5.74, 6) is 0.787. The van der Waals surface area contributed by atoms with E-state index in [-0.39, 0.29) is 5.41 Å². The summed E-state index contributed by atoms with van der Waals surface area (Å²) in [5.41, 5.74) is 0.352. The van der Waals surface area contributed by atoms with E-state index in [1.807, 2.05) is 6.08 Å². The minimum atomic E-state index is -0.0813. The number of aldehydes is 1. The molecule has 0 bridgehead atoms. The molecule has 0 aromatic carbocycles. The van der Waals surface area contributed by atoms with E-state index in [4.69, 9.17) is 0 Å². The van der Waals surface area contributed by atoms with Gasteiger partial charge in [-0.1, -0.05) is 33.3 Å². The van der Waals surface area contributed by atoms with E-state index in [1.165, 1.54) is 25.5 Å². The van der Waals surface area contributed by atoms with Crippen LogP contribution in [0.25, 0.3) is 0 Å². The van der Waals surface area contributed by atoms with Gasteiger partial charge in [0.05, 0.1) is 0 Å². The van der Waals surface area contributed by atoms with Gasteiger partial charge in [-0.3, -0.25) is 0 Å². The second-order valence-electron chi connectivity index (χ2n) is 6.09. The SMILES string of the molecule is C=CCC1(C=O)CCC(C(C)(C)CC)CC1. The van der Waals surface area contributed by atoms with Crippen LogP contribution >= 0.6 is 0 Å². The standard InChI is InChI=1S/C15H26O/c1-5-9-15(12-16)10-7-13(8-11-15)14(3,4)6-2/h5,12-13H,1,6-11H2,2-4H3. The van der Waals surface area contributed by atoms with Gasteiger partial charge >= 0.3 is 0 Å². The zero-order chi connectivity index (χ0) is 12.2. The van der Waals surface area contributed by atoms with Gasteiger partial charge in [-0.2, -0.15) is 0 Å². The average molecular weight is 222 g/mol. The lowest BCUT2D eigenvalue weighted by Gasteiger charge is -2.42. The number of hydrogen-bond acceptors (Lipinski definition) is 1. The van der Waals surface area contributed by atoms with Crippen LogP contribution in [-0.4, -0.2) is 6.29 Å². The topological polar surface area (TPSA) is 17.1 Å². The Hall–Kier alpha value is -0.590. The molecule has 1 aliphatic carbocycles. The summed E-state index contributed by atoms with van der Waals surface area (Å²) in [4.78, 5) is 11.2. The maximum Gasteiger partial charge on any atom is 0.126 e. The minimum absolute atomic E-state index is 0.0813. The molecule has 0 spiro atoms. The van der Waals surface area contributed by atoms with E-state index < -0.39 is 0 Å². The summed E-state index contributed by atoms with van der Waals surface area (Å²) >= 11 is 0. The lowest BCUT2D eigenvalue weighted by molar-refractivity contribution is -0.118. The van der Waals surface area contributed by atoms with Crippen molar-refractivity contribution in [1.29, 1.82) is 0 Å². The zero-order valence-electron chi connectivity index (χ0n) is 11.1. The molecule has 0 heterocycles. The summed E-state index contributed by atoms with van der Waals surface area (Å²) < 4.78 is 0. The molecule has 0 aliphatic heterocycles. The number of allylic oxidation sites excluding steroid dienone is 1. The van der Waals surface area contributed by atoms with E-state index >= 15 is 0 Å². The second-order valence-corrected chi connectivity index (χ2v) is 6.09. The van der Waals surface area contributed by atoms with Gasteiger partial charge in [-0.15, -0.1) is 6.58 Å². The second kappa shape index (κ2) is 5.16. The van der Waals surface area contributed by atoms with E-state index in [1.54, 1.807) is 0 Å². The third kappa shape index (κ3) is 2.75. The molecule has 16 heavy (non-hydrogen) atoms. The fourth-order valence-corrected chi connectivity index (χ4v) is 2.92. The Morgan fingerprint density at radius 3 is 2.31 bits per heavy atom. The number of hydrogen-bond donors (Lipinski definition) is 0. The van der Waals surface area contributed by atoms with Crippen LogP contribution in [0.15, 0.2) is 12.7 Å². The summed E-state index contributed by atoms with van der Waals surface area (Å²) in [6, 6.07) is 0. The van der Waals surface area contributed by atoms with E-state index in [0.717, 1.165) is 25.2 Å². The molecule has 92 valence electrons. The van der Waals surface area contributed by atoms with Crippen LogP contribution in [0.3, 0.4) is 0 Å². The van der Waals surface area contributed by atoms with Gasteiger partial charge in [0.25, 0.3) is 0 Å². The van der Waals surface area contributed by atoms with Crippen LogP contribution < -0.4 is 0 Å². The van der Waals surface area contributed by atoms with Crippen LogP contribution in [0.1, 0.15) is 59.3 Å². The quantitative estimate of drug-likeness (QED) is 0.498. The minimum Gasteiger partial charge on any atom is -0.303 e. The Morgan fingerprint density at radius 1 is 1.38 bits per heavy atom. The molecular weight excluding hydrogens is 196 g/mol. The molecule has 1 nitrogen and oxygen atoms in total. The molecule has 1 aliphatic rings. The van der Waals surface area contributed by atoms with Crippen molar-refractivity contribution >= 4 is 6.29 Å². The van der Waals surface area contributed by atoms with Crippen LogP contribution in [-0.2, 0) is 4.79 Å². The number of carbonyl (C=O) groups is 1. The first-order valence-electron chi connectivity index (χ1n) is 6.57. The molecule has 1 heteroatoms. The van der Waals surface area contributed by atoms with Gasteiger partial charge in [0.1, 0.15) is 6.29 Å². The van der Waals surface area contributed by atoms with Gasteiger partial charge in [0.15, 0.2) is 0 Å². The van der Waals surface area contributed by atoms with Crippen molar-refractivity contribution in [2.75, 3.05) is 0 Å². The van der Waals surface area contributed by atoms with E-state index in [2.05, 4.69) is 27.4 Å². The molecule has 0 N–H and O–H groups in total. The van der Waals surface area contributed by atoms with Crippen molar-refractivity contribution in [3.8, 4) is 0 Å². The highest BCUT2D eigenvalue weighted by atomic mass is 16.1. The van der Waals surface area contributed by atoms with Gasteiger partial charge in [-0.05, 0) is 43.4 Å². The Morgan fingerprint density at radius 2 is 1.94 bits per heavy atom. The Kier molecular flexibility index (Phi) is 4.35. The molecule has 0 aromatic rings. The molecule has 0 unspecified atom stereocenters. The first kappa shape index (κ1) is 13.5. The lowest BCUT2D eigenvalue weighted by Crippen LogP contribution is -2.34. The average Bonchev–Trinajstić information content (AvgIpc) is 2.30. The van der Waals surface area contributed by atoms with Crippen molar-refractivity contribution in [3.63, 3.8) is 0 Å². The van der Waals surface area contributed by atoms with Crippen molar-refractivity contribution in [3.05, 3.63) is 12.7 Å². The third-order valence-electron chi connectivity index (χ3n) is 4.80. The Bertz CT molecular complexity index is 244. The molecule has 0 radical (unpaired) electrons. The molecule has 1 saturated carbocycles. The first-order valence-corrected chi connectivity index (χ1v) is 6.57. The maximum atomic E-state index is 11.2. The highest BCUT2D eigenvalue weighted by Gasteiger charge is 2.38. The fourth-order valence-electron chi connectivity index (χ4n) is 2.92. The summed E-state index contributed by atoms with van der Waals surface area (Å²) in [6.07, 6.45) is 9.68. The monoisotopic (exact) mass is 222 g/mol. The molecule has 1 rings (SSSR count). The third-order valence-corrected chi connectivity index (χ3v) is 4.80. The zero-order valence-corrected chi connectivity index (χ0v) is 11.1. The van der Waals surface area contributed by atoms with Gasteiger partial charge in [-0.25, -0.2) is 0 Å². The van der Waals surface area contributed by atoms with E-state index in [0.29, 0.717) is 5.41 Å². The van der Waals surface area contributed by atoms with Gasteiger partial charge in [0, 0.05) is 5.41 Å². The normalized spacial score (nSPS) is 31.1. The van der Waals surface area contributed by atoms with Crippen LogP contribution in [0.5, 0.6) is 0 Å². The predicted molar refractivity (Wildman–Crippen MR) is 69.3 cm³/mol. The van der Waals surface area contributed by atoms with Gasteiger partial charge < -0.3 is 4.79 Å². The lowest BCUT2D eigenvalue weighted by atomic mass is 9.62. The molecule has 0 atom stereocenters. The molecule has 0 aromatic heterocycles. The van der Waals surface area contributed by atoms with Crippen LogP contribution in [0, 0.1) is 16.7 Å². The fraction of sp³-hybridized carbons (Fsp3) is 0.800. The summed E-state index contributed by atoms with van der Waals surface area (Å²) in [6.45, 7) is 10.8. The van der Waals surface area contributed by atoms with Crippen molar-refractivity contribution in [2.45, 2.75) is 59.3 Å². The highest BCUT2D eigenvalue weighted by Crippen LogP contribution is 2.47. The number of carbonyl (C=O) groups excluding carboxylic acids is 1. The predicted octanol–water partition coefficient (Wildman–Crippen LogP) is 4.37. The first-order chi connectivity index (χ1) is 7.49. The molecule has 0 saturated heterocycles. The van der Waals surface area contributed by atoms with Crippen molar-refractivity contribution < 1.29 is 4.79 Å². The van der Waals surface area contributed by atoms with Crippen molar-refractivity contribution in [1.82, 2.24) is 0 Å². The van der Waals surface area contributed by atoms with E-state index in [9.17, 15) is 4.79 Å². The maximum absolute atomic E-state index is 11.2. The van der Waals surface area contributed by atoms with Crippen LogP contribution in [0.4, 0.5) is 0 Å². The molecule has 0 amide bonds. The smallest absolute Gasteiger partial charge is 0.126 e. The Balaban J connectivity index is 2.62. The summed E-state index contributed by atoms with van der Waals surface area (Å²) in [5, 5.41) is 0.